The molecule has 2 aromatic rings. The molecule has 136 valence electrons. The number of hydrogen-bond donors (Lipinski definition) is 0. The lowest BCUT2D eigenvalue weighted by Crippen LogP contribution is -2.42. The van der Waals surface area contributed by atoms with Gasteiger partial charge in [0, 0.05) is 9.90 Å². The third-order valence-electron chi connectivity index (χ3n) is 4.95. The third-order valence-corrected chi connectivity index (χ3v) is 10.8. The molecular weight excluding hydrogens is 368 g/mol. The summed E-state index contributed by atoms with van der Waals surface area (Å²) in [4.78, 5) is 13.3. The summed E-state index contributed by atoms with van der Waals surface area (Å²) in [7, 11) is -2.01. The van der Waals surface area contributed by atoms with Crippen molar-refractivity contribution in [2.45, 2.75) is 58.4 Å². The van der Waals surface area contributed by atoms with Crippen LogP contribution >= 0.6 is 22.9 Å². The summed E-state index contributed by atoms with van der Waals surface area (Å²) in [5.41, 5.74) is 2.14. The molecule has 0 aliphatic rings. The number of aryl methyl sites for hydroxylation is 1. The Morgan fingerprint density at radius 3 is 2.48 bits per heavy atom. The fourth-order valence-electron chi connectivity index (χ4n) is 2.47. The van der Waals surface area contributed by atoms with Crippen molar-refractivity contribution < 1.29 is 9.22 Å². The van der Waals surface area contributed by atoms with Gasteiger partial charge in [0.25, 0.3) is 0 Å². The SMILES string of the molecule is CCc1sc(C=O)cc1C(O[Si](C)(C)C(C)(C)C)c1cccc(Cl)c1. The van der Waals surface area contributed by atoms with Crippen LogP contribution in [0.4, 0.5) is 0 Å². The van der Waals surface area contributed by atoms with E-state index < -0.39 is 8.32 Å². The molecule has 25 heavy (non-hydrogen) atoms. The first-order valence-electron chi connectivity index (χ1n) is 8.60. The molecule has 1 heterocycles. The van der Waals surface area contributed by atoms with Crippen molar-refractivity contribution in [1.29, 1.82) is 0 Å². The Hall–Kier alpha value is -0.943. The van der Waals surface area contributed by atoms with Gasteiger partial charge in [0.2, 0.25) is 0 Å². The van der Waals surface area contributed by atoms with E-state index in [0.717, 1.165) is 28.7 Å². The maximum atomic E-state index is 11.3. The Morgan fingerprint density at radius 2 is 1.96 bits per heavy atom. The van der Waals surface area contributed by atoms with Gasteiger partial charge in [-0.3, -0.25) is 4.79 Å². The lowest BCUT2D eigenvalue weighted by molar-refractivity contribution is 0.112. The smallest absolute Gasteiger partial charge is 0.193 e. The highest BCUT2D eigenvalue weighted by atomic mass is 35.5. The second kappa shape index (κ2) is 7.75. The number of hydrogen-bond acceptors (Lipinski definition) is 3. The molecule has 0 bridgehead atoms. The molecule has 0 aliphatic carbocycles. The molecule has 0 saturated heterocycles. The summed E-state index contributed by atoms with van der Waals surface area (Å²) in [6, 6.07) is 9.84. The van der Waals surface area contributed by atoms with Crippen LogP contribution in [-0.4, -0.2) is 14.6 Å². The van der Waals surface area contributed by atoms with Crippen molar-refractivity contribution in [3.63, 3.8) is 0 Å². The van der Waals surface area contributed by atoms with Gasteiger partial charge in [-0.15, -0.1) is 11.3 Å². The summed E-state index contributed by atoms with van der Waals surface area (Å²) in [6.45, 7) is 13.3. The fourth-order valence-corrected chi connectivity index (χ4v) is 4.82. The number of halogens is 1. The monoisotopic (exact) mass is 394 g/mol. The van der Waals surface area contributed by atoms with Crippen LogP contribution in [0.2, 0.25) is 23.2 Å². The topological polar surface area (TPSA) is 26.3 Å². The van der Waals surface area contributed by atoms with Gasteiger partial charge in [-0.25, -0.2) is 0 Å². The number of carbonyl (C=O) groups excluding carboxylic acids is 1. The van der Waals surface area contributed by atoms with Gasteiger partial charge in [0.05, 0.1) is 11.0 Å². The van der Waals surface area contributed by atoms with Crippen molar-refractivity contribution in [2.75, 3.05) is 0 Å². The Balaban J connectivity index is 2.57. The zero-order valence-electron chi connectivity index (χ0n) is 15.9. The van der Waals surface area contributed by atoms with Gasteiger partial charge in [-0.05, 0) is 53.9 Å². The molecule has 1 aromatic carbocycles. The fraction of sp³-hybridized carbons (Fsp3) is 0.450. The predicted octanol–water partition coefficient (Wildman–Crippen LogP) is 6.89. The summed E-state index contributed by atoms with van der Waals surface area (Å²) in [5.74, 6) is 0. The molecule has 1 unspecified atom stereocenters. The molecule has 0 saturated carbocycles. The van der Waals surface area contributed by atoms with E-state index in [0.29, 0.717) is 5.02 Å². The highest BCUT2D eigenvalue weighted by Crippen LogP contribution is 2.43. The largest absolute Gasteiger partial charge is 0.406 e. The summed E-state index contributed by atoms with van der Waals surface area (Å²) in [5, 5.41) is 0.796. The number of benzene rings is 1. The van der Waals surface area contributed by atoms with Gasteiger partial charge in [0.1, 0.15) is 0 Å². The Labute approximate surface area is 161 Å². The van der Waals surface area contributed by atoms with Crippen LogP contribution in [0.1, 0.15) is 59.5 Å². The number of rotatable bonds is 6. The van der Waals surface area contributed by atoms with Crippen molar-refractivity contribution in [3.8, 4) is 0 Å². The zero-order valence-corrected chi connectivity index (χ0v) is 18.4. The lowest BCUT2D eigenvalue weighted by atomic mass is 10.0. The highest BCUT2D eigenvalue weighted by Gasteiger charge is 2.40. The first-order chi connectivity index (χ1) is 11.6. The van der Waals surface area contributed by atoms with Crippen LogP contribution < -0.4 is 0 Å². The minimum Gasteiger partial charge on any atom is -0.406 e. The van der Waals surface area contributed by atoms with E-state index >= 15 is 0 Å². The van der Waals surface area contributed by atoms with E-state index in [4.69, 9.17) is 16.0 Å². The molecule has 1 atom stereocenters. The van der Waals surface area contributed by atoms with Gasteiger partial charge in [-0.1, -0.05) is 51.4 Å². The van der Waals surface area contributed by atoms with Gasteiger partial charge in [-0.2, -0.15) is 0 Å². The van der Waals surface area contributed by atoms with E-state index in [9.17, 15) is 4.79 Å². The standard InChI is InChI=1S/C20H27ClO2SSi/c1-7-18-17(12-16(13-22)24-18)19(14-9-8-10-15(21)11-14)23-25(5,6)20(2,3)4/h8-13,19H,7H2,1-6H3. The average Bonchev–Trinajstić information content (AvgIpc) is 2.94. The molecule has 0 spiro atoms. The normalized spacial score (nSPS) is 13.7. The first kappa shape index (κ1) is 20.4. The average molecular weight is 395 g/mol. The quantitative estimate of drug-likeness (QED) is 0.394. The Kier molecular flexibility index (Phi) is 6.31. The van der Waals surface area contributed by atoms with Gasteiger partial charge >= 0.3 is 0 Å². The minimum atomic E-state index is -2.01. The van der Waals surface area contributed by atoms with Crippen molar-refractivity contribution in [2.24, 2.45) is 0 Å². The molecule has 0 N–H and O–H groups in total. The number of thiophene rings is 1. The van der Waals surface area contributed by atoms with E-state index in [-0.39, 0.29) is 11.1 Å². The third kappa shape index (κ3) is 4.62. The number of aldehydes is 1. The Morgan fingerprint density at radius 1 is 1.28 bits per heavy atom. The molecular formula is C20H27ClO2SSi. The maximum Gasteiger partial charge on any atom is 0.193 e. The van der Waals surface area contributed by atoms with Crippen LogP contribution in [0.25, 0.3) is 0 Å². The summed E-state index contributed by atoms with van der Waals surface area (Å²) < 4.78 is 6.80. The van der Waals surface area contributed by atoms with Crippen LogP contribution in [0.15, 0.2) is 30.3 Å². The Bertz CT molecular complexity index is 746. The molecule has 2 rings (SSSR count). The van der Waals surface area contributed by atoms with Crippen molar-refractivity contribution in [1.82, 2.24) is 0 Å². The molecule has 0 radical (unpaired) electrons. The molecule has 5 heteroatoms. The van der Waals surface area contributed by atoms with E-state index in [1.807, 2.05) is 24.3 Å². The predicted molar refractivity (Wildman–Crippen MR) is 111 cm³/mol. The lowest BCUT2D eigenvalue weighted by Gasteiger charge is -2.39. The molecule has 1 aromatic heterocycles. The second-order valence-corrected chi connectivity index (χ2v) is 14.2. The molecule has 0 aliphatic heterocycles. The zero-order chi connectivity index (χ0) is 18.8. The van der Waals surface area contributed by atoms with Crippen LogP contribution in [0, 0.1) is 0 Å². The van der Waals surface area contributed by atoms with E-state index in [1.54, 1.807) is 11.3 Å². The van der Waals surface area contributed by atoms with E-state index in [1.165, 1.54) is 4.88 Å². The maximum absolute atomic E-state index is 11.3. The first-order valence-corrected chi connectivity index (χ1v) is 12.7. The minimum absolute atomic E-state index is 0.0969. The van der Waals surface area contributed by atoms with E-state index in [2.05, 4.69) is 46.9 Å². The highest BCUT2D eigenvalue weighted by molar-refractivity contribution is 7.13. The molecule has 0 amide bonds. The van der Waals surface area contributed by atoms with Crippen LogP contribution in [0.3, 0.4) is 0 Å². The molecule has 0 fully saturated rings. The number of carbonyl (C=O) groups is 1. The second-order valence-electron chi connectivity index (χ2n) is 7.81. The summed E-state index contributed by atoms with van der Waals surface area (Å²) >= 11 is 7.80. The van der Waals surface area contributed by atoms with Crippen LogP contribution in [-0.2, 0) is 10.8 Å². The molecule has 2 nitrogen and oxygen atoms in total. The summed E-state index contributed by atoms with van der Waals surface area (Å²) in [6.07, 6.45) is 1.61. The van der Waals surface area contributed by atoms with Crippen LogP contribution in [0.5, 0.6) is 0 Å². The van der Waals surface area contributed by atoms with Crippen molar-refractivity contribution in [3.05, 3.63) is 56.2 Å². The van der Waals surface area contributed by atoms with Crippen molar-refractivity contribution >= 4 is 37.5 Å². The van der Waals surface area contributed by atoms with Gasteiger partial charge < -0.3 is 4.43 Å². The van der Waals surface area contributed by atoms with Gasteiger partial charge in [0.15, 0.2) is 14.6 Å².